The minimum Gasteiger partial charge on any atom is -0.493 e. The van der Waals surface area contributed by atoms with Gasteiger partial charge in [0.25, 0.3) is 5.91 Å². The van der Waals surface area contributed by atoms with Crippen molar-refractivity contribution in [1.82, 2.24) is 4.90 Å². The maximum absolute atomic E-state index is 12.8. The number of carbonyl (C=O) groups is 2. The molecule has 1 N–H and O–H groups in total. The summed E-state index contributed by atoms with van der Waals surface area (Å²) >= 11 is 0. The highest BCUT2D eigenvalue weighted by atomic mass is 32.2. The van der Waals surface area contributed by atoms with E-state index in [1.165, 1.54) is 18.6 Å². The van der Waals surface area contributed by atoms with Gasteiger partial charge in [0.2, 0.25) is 5.91 Å². The number of benzene rings is 2. The molecule has 1 fully saturated rings. The van der Waals surface area contributed by atoms with Crippen LogP contribution in [0.15, 0.2) is 53.4 Å². The van der Waals surface area contributed by atoms with E-state index in [9.17, 15) is 18.0 Å². The third-order valence-electron chi connectivity index (χ3n) is 5.84. The predicted molar refractivity (Wildman–Crippen MR) is 128 cm³/mol. The van der Waals surface area contributed by atoms with E-state index in [1.54, 1.807) is 48.3 Å². The number of amides is 2. The van der Waals surface area contributed by atoms with Crippen LogP contribution in [0.2, 0.25) is 0 Å². The van der Waals surface area contributed by atoms with Crippen LogP contribution in [0.5, 0.6) is 5.75 Å². The van der Waals surface area contributed by atoms with E-state index in [2.05, 4.69) is 5.32 Å². The Morgan fingerprint density at radius 2 is 1.79 bits per heavy atom. The molecular formula is C25H32N2O5S. The molecule has 1 aliphatic rings. The fraction of sp³-hybridized carbons (Fsp3) is 0.440. The van der Waals surface area contributed by atoms with Gasteiger partial charge in [0.05, 0.1) is 11.5 Å². The van der Waals surface area contributed by atoms with Crippen molar-refractivity contribution in [3.63, 3.8) is 0 Å². The van der Waals surface area contributed by atoms with Crippen molar-refractivity contribution in [2.45, 2.75) is 43.4 Å². The van der Waals surface area contributed by atoms with Crippen LogP contribution in [0.4, 0.5) is 5.69 Å². The van der Waals surface area contributed by atoms with Gasteiger partial charge in [0, 0.05) is 37.0 Å². The lowest BCUT2D eigenvalue weighted by Gasteiger charge is -2.21. The maximum atomic E-state index is 12.8. The summed E-state index contributed by atoms with van der Waals surface area (Å²) < 4.78 is 29.0. The molecule has 3 rings (SSSR count). The molecule has 0 saturated heterocycles. The number of ether oxygens (including phenoxy) is 1. The van der Waals surface area contributed by atoms with Crippen molar-refractivity contribution >= 4 is 27.3 Å². The summed E-state index contributed by atoms with van der Waals surface area (Å²) in [6, 6.07) is 13.4. The number of carbonyl (C=O) groups excluding carboxylic acids is 2. The van der Waals surface area contributed by atoms with Crippen LogP contribution in [0.25, 0.3) is 0 Å². The molecule has 7 nitrogen and oxygen atoms in total. The van der Waals surface area contributed by atoms with Gasteiger partial charge in [-0.15, -0.1) is 0 Å². The first kappa shape index (κ1) is 24.8. The molecule has 0 heterocycles. The van der Waals surface area contributed by atoms with Gasteiger partial charge in [-0.05, 0) is 55.7 Å². The fourth-order valence-electron chi connectivity index (χ4n) is 3.95. The van der Waals surface area contributed by atoms with Gasteiger partial charge < -0.3 is 15.0 Å². The van der Waals surface area contributed by atoms with Crippen molar-refractivity contribution in [1.29, 1.82) is 0 Å². The van der Waals surface area contributed by atoms with E-state index in [1.807, 2.05) is 0 Å². The highest BCUT2D eigenvalue weighted by Gasteiger charge is 2.21. The molecule has 0 atom stereocenters. The molecule has 1 saturated carbocycles. The first-order chi connectivity index (χ1) is 15.7. The molecule has 0 unspecified atom stereocenters. The molecule has 33 heavy (non-hydrogen) atoms. The van der Waals surface area contributed by atoms with Crippen LogP contribution in [0.3, 0.4) is 0 Å². The van der Waals surface area contributed by atoms with Crippen LogP contribution in [0.1, 0.15) is 48.9 Å². The van der Waals surface area contributed by atoms with E-state index in [0.717, 1.165) is 31.9 Å². The van der Waals surface area contributed by atoms with E-state index < -0.39 is 9.84 Å². The highest BCUT2D eigenvalue weighted by Crippen LogP contribution is 2.25. The summed E-state index contributed by atoms with van der Waals surface area (Å²) in [5.74, 6) is 0.430. The summed E-state index contributed by atoms with van der Waals surface area (Å²) in [4.78, 5) is 27.1. The van der Waals surface area contributed by atoms with Gasteiger partial charge in [0.15, 0.2) is 9.84 Å². The van der Waals surface area contributed by atoms with E-state index in [-0.39, 0.29) is 22.6 Å². The highest BCUT2D eigenvalue weighted by molar-refractivity contribution is 7.90. The normalized spacial score (nSPS) is 14.5. The number of hydrogen-bond donors (Lipinski definition) is 1. The molecule has 2 aromatic rings. The zero-order valence-corrected chi connectivity index (χ0v) is 20.1. The Labute approximate surface area is 196 Å². The number of nitrogens with zero attached hydrogens (tertiary/aromatic N) is 1. The molecule has 0 aromatic heterocycles. The van der Waals surface area contributed by atoms with Crippen LogP contribution in [0, 0.1) is 5.92 Å². The van der Waals surface area contributed by atoms with Crippen LogP contribution in [-0.4, -0.2) is 51.6 Å². The lowest BCUT2D eigenvalue weighted by Crippen LogP contribution is -2.29. The standard InChI is InChI=1S/C25H32N2O5S/c1-27(15-8-16-32-22-13-7-14-23(18-22)33(2,30)31)25(29)20-11-6-12-21(17-20)26-24(28)19-9-4-3-5-10-19/h6-7,11-14,17-19H,3-5,8-10,15-16H2,1-2H3,(H,26,28). The second kappa shape index (κ2) is 11.3. The summed E-state index contributed by atoms with van der Waals surface area (Å²) in [7, 11) is -1.57. The number of rotatable bonds is 9. The zero-order chi connectivity index (χ0) is 23.8. The lowest BCUT2D eigenvalue weighted by atomic mass is 9.88. The Hall–Kier alpha value is -2.87. The minimum absolute atomic E-state index is 0.0322. The molecule has 0 radical (unpaired) electrons. The predicted octanol–water partition coefficient (Wildman–Crippen LogP) is 4.15. The fourth-order valence-corrected chi connectivity index (χ4v) is 4.60. The monoisotopic (exact) mass is 472 g/mol. The third-order valence-corrected chi connectivity index (χ3v) is 6.95. The maximum Gasteiger partial charge on any atom is 0.253 e. The average molecular weight is 473 g/mol. The summed E-state index contributed by atoms with van der Waals surface area (Å²) in [6.07, 6.45) is 6.97. The molecule has 0 spiro atoms. The Kier molecular flexibility index (Phi) is 8.49. The Morgan fingerprint density at radius 1 is 1.06 bits per heavy atom. The van der Waals surface area contributed by atoms with Crippen molar-refractivity contribution in [2.24, 2.45) is 5.92 Å². The smallest absolute Gasteiger partial charge is 0.253 e. The quantitative estimate of drug-likeness (QED) is 0.554. The third kappa shape index (κ3) is 7.32. The van der Waals surface area contributed by atoms with Gasteiger partial charge in [-0.3, -0.25) is 9.59 Å². The van der Waals surface area contributed by atoms with E-state index >= 15 is 0 Å². The molecule has 2 amide bonds. The van der Waals surface area contributed by atoms with Crippen molar-refractivity contribution < 1.29 is 22.7 Å². The summed E-state index contributed by atoms with van der Waals surface area (Å²) in [5.41, 5.74) is 1.15. The second-order valence-corrected chi connectivity index (χ2v) is 10.6. The van der Waals surface area contributed by atoms with Crippen molar-refractivity contribution in [3.05, 3.63) is 54.1 Å². The summed E-state index contributed by atoms with van der Waals surface area (Å²) in [5, 5.41) is 2.96. The molecule has 178 valence electrons. The summed E-state index contributed by atoms with van der Waals surface area (Å²) in [6.45, 7) is 0.825. The average Bonchev–Trinajstić information content (AvgIpc) is 2.81. The number of nitrogens with one attached hydrogen (secondary N) is 1. The Morgan fingerprint density at radius 3 is 2.52 bits per heavy atom. The number of hydrogen-bond acceptors (Lipinski definition) is 5. The topological polar surface area (TPSA) is 92.8 Å². The van der Waals surface area contributed by atoms with Crippen molar-refractivity contribution in [2.75, 3.05) is 31.8 Å². The van der Waals surface area contributed by atoms with Crippen LogP contribution in [-0.2, 0) is 14.6 Å². The van der Waals surface area contributed by atoms with Gasteiger partial charge in [-0.1, -0.05) is 31.4 Å². The Bertz CT molecular complexity index is 1080. The molecule has 1 aliphatic carbocycles. The largest absolute Gasteiger partial charge is 0.493 e. The molecule has 2 aromatic carbocycles. The van der Waals surface area contributed by atoms with Crippen LogP contribution >= 0.6 is 0 Å². The van der Waals surface area contributed by atoms with Crippen molar-refractivity contribution in [3.8, 4) is 5.75 Å². The second-order valence-electron chi connectivity index (χ2n) is 8.58. The molecular weight excluding hydrogens is 440 g/mol. The Balaban J connectivity index is 1.49. The van der Waals surface area contributed by atoms with Gasteiger partial charge in [0.1, 0.15) is 5.75 Å². The molecule has 0 aliphatic heterocycles. The SMILES string of the molecule is CN(CCCOc1cccc(S(C)(=O)=O)c1)C(=O)c1cccc(NC(=O)C2CCCCC2)c1. The lowest BCUT2D eigenvalue weighted by molar-refractivity contribution is -0.120. The van der Waals surface area contributed by atoms with Gasteiger partial charge in [-0.25, -0.2) is 8.42 Å². The van der Waals surface area contributed by atoms with Crippen LogP contribution < -0.4 is 10.1 Å². The molecule has 8 heteroatoms. The zero-order valence-electron chi connectivity index (χ0n) is 19.2. The number of sulfone groups is 1. The molecule has 0 bridgehead atoms. The first-order valence-corrected chi connectivity index (χ1v) is 13.2. The first-order valence-electron chi connectivity index (χ1n) is 11.3. The van der Waals surface area contributed by atoms with E-state index in [0.29, 0.717) is 36.6 Å². The van der Waals surface area contributed by atoms with E-state index in [4.69, 9.17) is 4.74 Å². The number of anilines is 1. The van der Waals surface area contributed by atoms with Gasteiger partial charge >= 0.3 is 0 Å². The van der Waals surface area contributed by atoms with Gasteiger partial charge in [-0.2, -0.15) is 0 Å². The minimum atomic E-state index is -3.29.